The number of benzene rings is 2. The molecule has 130 valence electrons. The lowest BCUT2D eigenvalue weighted by Crippen LogP contribution is -2.43. The largest absolute Gasteiger partial charge is 0.381 e. The van der Waals surface area contributed by atoms with Crippen LogP contribution in [0.1, 0.15) is 30.1 Å². The third kappa shape index (κ3) is 4.25. The minimum absolute atomic E-state index is 0.0141. The van der Waals surface area contributed by atoms with Crippen molar-refractivity contribution in [3.05, 3.63) is 60.2 Å². The summed E-state index contributed by atoms with van der Waals surface area (Å²) >= 11 is 0. The van der Waals surface area contributed by atoms with E-state index in [1.54, 1.807) is 0 Å². The molecule has 0 spiro atoms. The number of carbonyl (C=O) groups is 2. The van der Waals surface area contributed by atoms with Gasteiger partial charge < -0.3 is 15.0 Å². The summed E-state index contributed by atoms with van der Waals surface area (Å²) in [6.45, 7) is 2.79. The van der Waals surface area contributed by atoms with E-state index in [2.05, 4.69) is 5.32 Å². The van der Waals surface area contributed by atoms with Crippen LogP contribution in [0.2, 0.25) is 0 Å². The van der Waals surface area contributed by atoms with Gasteiger partial charge in [-0.3, -0.25) is 9.59 Å². The van der Waals surface area contributed by atoms with Gasteiger partial charge in [-0.2, -0.15) is 0 Å². The van der Waals surface area contributed by atoms with E-state index in [0.29, 0.717) is 18.8 Å². The quantitative estimate of drug-likeness (QED) is 0.928. The summed E-state index contributed by atoms with van der Waals surface area (Å²) in [7, 11) is 0. The maximum absolute atomic E-state index is 13.1. The highest BCUT2D eigenvalue weighted by atomic mass is 16.5. The Balaban J connectivity index is 1.90. The standard InChI is InChI=1S/C20H22N2O3/c1-15(23)21-17-7-9-18(10-8-17)22(19-11-13-25-14-12-19)20(24)16-5-3-2-4-6-16/h2-10,19H,11-14H2,1H3,(H,21,23). The van der Waals surface area contributed by atoms with Gasteiger partial charge in [0.15, 0.2) is 0 Å². The van der Waals surface area contributed by atoms with Crippen LogP contribution in [0.15, 0.2) is 54.6 Å². The van der Waals surface area contributed by atoms with Gasteiger partial charge in [0.2, 0.25) is 5.91 Å². The summed E-state index contributed by atoms with van der Waals surface area (Å²) in [5.41, 5.74) is 2.21. The zero-order valence-electron chi connectivity index (χ0n) is 14.3. The molecule has 1 aliphatic heterocycles. The number of nitrogens with one attached hydrogen (secondary N) is 1. The van der Waals surface area contributed by atoms with Crippen molar-refractivity contribution >= 4 is 23.2 Å². The number of nitrogens with zero attached hydrogens (tertiary/aromatic N) is 1. The van der Waals surface area contributed by atoms with E-state index in [-0.39, 0.29) is 17.9 Å². The Hall–Kier alpha value is -2.66. The highest BCUT2D eigenvalue weighted by Crippen LogP contribution is 2.26. The molecule has 1 saturated heterocycles. The van der Waals surface area contributed by atoms with Gasteiger partial charge in [0.25, 0.3) is 5.91 Å². The van der Waals surface area contributed by atoms with Gasteiger partial charge in [0.05, 0.1) is 0 Å². The Bertz CT molecular complexity index is 722. The number of carbonyl (C=O) groups excluding carboxylic acids is 2. The van der Waals surface area contributed by atoms with Crippen molar-refractivity contribution in [2.45, 2.75) is 25.8 Å². The Kier molecular flexibility index (Phi) is 5.46. The molecule has 1 N–H and O–H groups in total. The highest BCUT2D eigenvalue weighted by Gasteiger charge is 2.28. The van der Waals surface area contributed by atoms with Gasteiger partial charge in [0, 0.05) is 43.1 Å². The van der Waals surface area contributed by atoms with Crippen LogP contribution in [0.4, 0.5) is 11.4 Å². The molecule has 5 nitrogen and oxygen atoms in total. The van der Waals surface area contributed by atoms with E-state index < -0.39 is 0 Å². The lowest BCUT2D eigenvalue weighted by molar-refractivity contribution is -0.114. The number of hydrogen-bond donors (Lipinski definition) is 1. The van der Waals surface area contributed by atoms with Crippen LogP contribution in [-0.4, -0.2) is 31.1 Å². The first-order chi connectivity index (χ1) is 12.1. The lowest BCUT2D eigenvalue weighted by atomic mass is 10.0. The van der Waals surface area contributed by atoms with Crippen LogP contribution < -0.4 is 10.2 Å². The molecular formula is C20H22N2O3. The SMILES string of the molecule is CC(=O)Nc1ccc(N(C(=O)c2ccccc2)C2CCOCC2)cc1. The summed E-state index contributed by atoms with van der Waals surface area (Å²) in [5, 5.41) is 2.75. The van der Waals surface area contributed by atoms with Gasteiger partial charge in [-0.05, 0) is 49.2 Å². The number of anilines is 2. The first kappa shape index (κ1) is 17.2. The fourth-order valence-electron chi connectivity index (χ4n) is 3.07. The Morgan fingerprint density at radius 3 is 2.24 bits per heavy atom. The van der Waals surface area contributed by atoms with E-state index in [0.717, 1.165) is 24.2 Å². The van der Waals surface area contributed by atoms with Gasteiger partial charge >= 0.3 is 0 Å². The minimum atomic E-state index is -0.116. The van der Waals surface area contributed by atoms with Crippen molar-refractivity contribution in [2.24, 2.45) is 0 Å². The normalized spacial score (nSPS) is 14.8. The van der Waals surface area contributed by atoms with Crippen LogP contribution in [0.5, 0.6) is 0 Å². The predicted molar refractivity (Wildman–Crippen MR) is 97.8 cm³/mol. The maximum Gasteiger partial charge on any atom is 0.258 e. The van der Waals surface area contributed by atoms with Gasteiger partial charge in [-0.25, -0.2) is 0 Å². The zero-order valence-corrected chi connectivity index (χ0v) is 14.3. The van der Waals surface area contributed by atoms with E-state index in [4.69, 9.17) is 4.74 Å². The molecule has 25 heavy (non-hydrogen) atoms. The van der Waals surface area contributed by atoms with Crippen molar-refractivity contribution in [3.63, 3.8) is 0 Å². The molecule has 0 bridgehead atoms. The second kappa shape index (κ2) is 7.94. The number of amides is 2. The van der Waals surface area contributed by atoms with Gasteiger partial charge in [-0.1, -0.05) is 18.2 Å². The first-order valence-electron chi connectivity index (χ1n) is 8.49. The third-order valence-electron chi connectivity index (χ3n) is 4.26. The van der Waals surface area contributed by atoms with Crippen molar-refractivity contribution in [1.29, 1.82) is 0 Å². The van der Waals surface area contributed by atoms with Gasteiger partial charge in [0.1, 0.15) is 0 Å². The molecule has 1 heterocycles. The van der Waals surface area contributed by atoms with Gasteiger partial charge in [-0.15, -0.1) is 0 Å². The predicted octanol–water partition coefficient (Wildman–Crippen LogP) is 3.47. The summed E-state index contributed by atoms with van der Waals surface area (Å²) < 4.78 is 5.45. The summed E-state index contributed by atoms with van der Waals surface area (Å²) in [6.07, 6.45) is 1.62. The second-order valence-electron chi connectivity index (χ2n) is 6.11. The van der Waals surface area contributed by atoms with Crippen molar-refractivity contribution in [3.8, 4) is 0 Å². The maximum atomic E-state index is 13.1. The van der Waals surface area contributed by atoms with E-state index >= 15 is 0 Å². The average Bonchev–Trinajstić information content (AvgIpc) is 2.64. The molecule has 0 radical (unpaired) electrons. The molecule has 0 aromatic heterocycles. The molecule has 2 aromatic rings. The highest BCUT2D eigenvalue weighted by molar-refractivity contribution is 6.06. The smallest absolute Gasteiger partial charge is 0.258 e. The molecule has 0 atom stereocenters. The molecule has 2 amide bonds. The molecule has 3 rings (SSSR count). The first-order valence-corrected chi connectivity index (χ1v) is 8.49. The fraction of sp³-hybridized carbons (Fsp3) is 0.300. The molecule has 0 aliphatic carbocycles. The molecule has 0 unspecified atom stereocenters. The van der Waals surface area contributed by atoms with E-state index in [9.17, 15) is 9.59 Å². The molecule has 1 fully saturated rings. The van der Waals surface area contributed by atoms with Crippen LogP contribution in [0, 0.1) is 0 Å². The third-order valence-corrected chi connectivity index (χ3v) is 4.26. The molecular weight excluding hydrogens is 316 g/mol. The van der Waals surface area contributed by atoms with E-state index in [1.165, 1.54) is 6.92 Å². The summed E-state index contributed by atoms with van der Waals surface area (Å²) in [4.78, 5) is 26.2. The zero-order chi connectivity index (χ0) is 17.6. The molecule has 5 heteroatoms. The molecule has 1 aliphatic rings. The van der Waals surface area contributed by atoms with E-state index in [1.807, 2.05) is 59.5 Å². The monoisotopic (exact) mass is 338 g/mol. The summed E-state index contributed by atoms with van der Waals surface area (Å²) in [6, 6.07) is 16.8. The molecule has 2 aromatic carbocycles. The Morgan fingerprint density at radius 1 is 1.00 bits per heavy atom. The van der Waals surface area contributed by atoms with Crippen molar-refractivity contribution in [1.82, 2.24) is 0 Å². The van der Waals surface area contributed by atoms with Crippen LogP contribution in [0.3, 0.4) is 0 Å². The molecule has 0 saturated carbocycles. The summed E-state index contributed by atoms with van der Waals surface area (Å²) in [5.74, 6) is -0.130. The fourth-order valence-corrected chi connectivity index (χ4v) is 3.07. The van der Waals surface area contributed by atoms with Crippen LogP contribution in [0.25, 0.3) is 0 Å². The number of rotatable bonds is 4. The lowest BCUT2D eigenvalue weighted by Gasteiger charge is -2.34. The van der Waals surface area contributed by atoms with Crippen LogP contribution >= 0.6 is 0 Å². The number of ether oxygens (including phenoxy) is 1. The number of hydrogen-bond acceptors (Lipinski definition) is 3. The topological polar surface area (TPSA) is 58.6 Å². The van der Waals surface area contributed by atoms with Crippen molar-refractivity contribution in [2.75, 3.05) is 23.4 Å². The Morgan fingerprint density at radius 2 is 1.64 bits per heavy atom. The second-order valence-corrected chi connectivity index (χ2v) is 6.11. The van der Waals surface area contributed by atoms with Crippen LogP contribution in [-0.2, 0) is 9.53 Å². The minimum Gasteiger partial charge on any atom is -0.381 e. The van der Waals surface area contributed by atoms with Crippen molar-refractivity contribution < 1.29 is 14.3 Å². The Labute approximate surface area is 147 Å². The average molecular weight is 338 g/mol.